The van der Waals surface area contributed by atoms with E-state index in [1.54, 1.807) is 11.3 Å². The third-order valence-corrected chi connectivity index (χ3v) is 5.27. The number of hydrogen-bond donors (Lipinski definition) is 1. The summed E-state index contributed by atoms with van der Waals surface area (Å²) >= 11 is 1.77. The minimum Gasteiger partial charge on any atom is -0.308 e. The third-order valence-electron chi connectivity index (χ3n) is 4.31. The van der Waals surface area contributed by atoms with Gasteiger partial charge in [0.05, 0.1) is 0 Å². The Kier molecular flexibility index (Phi) is 3.19. The number of piperidine rings is 1. The average molecular weight is 251 g/mol. The molecule has 4 heteroatoms. The molecular weight excluding hydrogens is 230 g/mol. The van der Waals surface area contributed by atoms with E-state index < -0.39 is 0 Å². The van der Waals surface area contributed by atoms with Crippen LogP contribution < -0.4 is 5.32 Å². The Balaban J connectivity index is 1.54. The summed E-state index contributed by atoms with van der Waals surface area (Å²) in [7, 11) is 2.29. The van der Waals surface area contributed by atoms with Crippen molar-refractivity contribution in [2.45, 2.75) is 57.3 Å². The van der Waals surface area contributed by atoms with Gasteiger partial charge in [-0.3, -0.25) is 0 Å². The van der Waals surface area contributed by atoms with Crippen LogP contribution in [-0.2, 0) is 6.54 Å². The summed E-state index contributed by atoms with van der Waals surface area (Å²) in [5.41, 5.74) is 1.15. The maximum absolute atomic E-state index is 4.51. The van der Waals surface area contributed by atoms with Gasteiger partial charge in [-0.1, -0.05) is 0 Å². The van der Waals surface area contributed by atoms with Crippen LogP contribution in [0.25, 0.3) is 0 Å². The highest BCUT2D eigenvalue weighted by atomic mass is 32.1. The summed E-state index contributed by atoms with van der Waals surface area (Å²) in [6.07, 6.45) is 5.43. The van der Waals surface area contributed by atoms with Gasteiger partial charge in [0.1, 0.15) is 5.01 Å². The van der Waals surface area contributed by atoms with Gasteiger partial charge < -0.3 is 10.2 Å². The maximum atomic E-state index is 4.51. The van der Waals surface area contributed by atoms with E-state index >= 15 is 0 Å². The summed E-state index contributed by atoms with van der Waals surface area (Å²) in [5, 5.41) is 7.06. The Hall–Kier alpha value is -0.450. The van der Waals surface area contributed by atoms with Crippen molar-refractivity contribution in [3.8, 4) is 0 Å². The zero-order chi connectivity index (χ0) is 11.8. The van der Waals surface area contributed by atoms with E-state index in [1.165, 1.54) is 30.7 Å². The topological polar surface area (TPSA) is 28.2 Å². The highest BCUT2D eigenvalue weighted by molar-refractivity contribution is 7.09. The molecule has 2 fully saturated rings. The Morgan fingerprint density at radius 3 is 2.71 bits per heavy atom. The van der Waals surface area contributed by atoms with Gasteiger partial charge in [0.15, 0.2) is 0 Å². The Bertz CT molecular complexity index is 376. The number of hydrogen-bond acceptors (Lipinski definition) is 4. The zero-order valence-corrected chi connectivity index (χ0v) is 11.5. The minimum absolute atomic E-state index is 0.702. The lowest BCUT2D eigenvalue weighted by molar-refractivity contribution is 0.148. The SMILES string of the molecule is Cc1csc(CNC2CC3CCC(C2)N3C)n1. The second-order valence-electron chi connectivity index (χ2n) is 5.48. The van der Waals surface area contributed by atoms with Crippen molar-refractivity contribution in [3.63, 3.8) is 0 Å². The molecule has 17 heavy (non-hydrogen) atoms. The summed E-state index contributed by atoms with van der Waals surface area (Å²) in [6, 6.07) is 2.35. The lowest BCUT2D eigenvalue weighted by atomic mass is 9.98. The molecule has 0 radical (unpaired) electrons. The molecule has 0 saturated carbocycles. The van der Waals surface area contributed by atoms with Crippen molar-refractivity contribution in [2.75, 3.05) is 7.05 Å². The number of aromatic nitrogens is 1. The van der Waals surface area contributed by atoms with Crippen LogP contribution >= 0.6 is 11.3 Å². The van der Waals surface area contributed by atoms with Gasteiger partial charge in [-0.05, 0) is 39.7 Å². The van der Waals surface area contributed by atoms with Crippen molar-refractivity contribution in [2.24, 2.45) is 0 Å². The van der Waals surface area contributed by atoms with Gasteiger partial charge in [-0.25, -0.2) is 4.98 Å². The fourth-order valence-corrected chi connectivity index (χ4v) is 4.02. The van der Waals surface area contributed by atoms with Gasteiger partial charge in [-0.15, -0.1) is 11.3 Å². The molecule has 94 valence electrons. The first kappa shape index (κ1) is 11.6. The normalized spacial score (nSPS) is 33.2. The van der Waals surface area contributed by atoms with Crippen LogP contribution in [0, 0.1) is 6.92 Å². The fourth-order valence-electron chi connectivity index (χ4n) is 3.29. The molecule has 2 aliphatic heterocycles. The van der Waals surface area contributed by atoms with Crippen LogP contribution in [0.4, 0.5) is 0 Å². The van der Waals surface area contributed by atoms with Gasteiger partial charge in [0.25, 0.3) is 0 Å². The Morgan fingerprint density at radius 2 is 2.12 bits per heavy atom. The van der Waals surface area contributed by atoms with Crippen molar-refractivity contribution < 1.29 is 0 Å². The van der Waals surface area contributed by atoms with Crippen molar-refractivity contribution in [3.05, 3.63) is 16.1 Å². The number of fused-ring (bicyclic) bond motifs is 2. The largest absolute Gasteiger partial charge is 0.308 e. The molecular formula is C13H21N3S. The molecule has 3 heterocycles. The molecule has 3 nitrogen and oxygen atoms in total. The monoisotopic (exact) mass is 251 g/mol. The summed E-state index contributed by atoms with van der Waals surface area (Å²) in [6.45, 7) is 3.02. The van der Waals surface area contributed by atoms with E-state index in [2.05, 4.69) is 34.6 Å². The molecule has 1 aromatic heterocycles. The number of rotatable bonds is 3. The molecule has 0 aromatic carbocycles. The second kappa shape index (κ2) is 4.67. The highest BCUT2D eigenvalue weighted by Gasteiger charge is 2.38. The van der Waals surface area contributed by atoms with E-state index in [-0.39, 0.29) is 0 Å². The number of aryl methyl sites for hydroxylation is 1. The molecule has 2 saturated heterocycles. The molecule has 0 spiro atoms. The summed E-state index contributed by atoms with van der Waals surface area (Å²) in [4.78, 5) is 7.10. The summed E-state index contributed by atoms with van der Waals surface area (Å²) in [5.74, 6) is 0. The lowest BCUT2D eigenvalue weighted by Crippen LogP contribution is -2.46. The molecule has 2 bridgehead atoms. The van der Waals surface area contributed by atoms with Crippen molar-refractivity contribution in [1.82, 2.24) is 15.2 Å². The quantitative estimate of drug-likeness (QED) is 0.892. The molecule has 0 amide bonds. The van der Waals surface area contributed by atoms with Crippen LogP contribution in [0.1, 0.15) is 36.4 Å². The molecule has 1 aromatic rings. The first-order valence-corrected chi connectivity index (χ1v) is 7.46. The van der Waals surface area contributed by atoms with Crippen molar-refractivity contribution >= 4 is 11.3 Å². The highest BCUT2D eigenvalue weighted by Crippen LogP contribution is 2.34. The first-order chi connectivity index (χ1) is 8.22. The zero-order valence-electron chi connectivity index (χ0n) is 10.6. The number of nitrogens with one attached hydrogen (secondary N) is 1. The minimum atomic E-state index is 0.702. The average Bonchev–Trinajstić information content (AvgIpc) is 2.78. The third kappa shape index (κ3) is 2.39. The van der Waals surface area contributed by atoms with E-state index in [0.717, 1.165) is 24.3 Å². The van der Waals surface area contributed by atoms with E-state index in [0.29, 0.717) is 6.04 Å². The van der Waals surface area contributed by atoms with Crippen LogP contribution in [0.5, 0.6) is 0 Å². The lowest BCUT2D eigenvalue weighted by Gasteiger charge is -2.36. The van der Waals surface area contributed by atoms with Crippen LogP contribution in [0.2, 0.25) is 0 Å². The van der Waals surface area contributed by atoms with Gasteiger partial charge in [-0.2, -0.15) is 0 Å². The number of nitrogens with zero attached hydrogens (tertiary/aromatic N) is 2. The smallest absolute Gasteiger partial charge is 0.107 e. The predicted octanol–water partition coefficient (Wildman–Crippen LogP) is 2.17. The molecule has 2 unspecified atom stereocenters. The van der Waals surface area contributed by atoms with Crippen LogP contribution in [0.3, 0.4) is 0 Å². The molecule has 2 atom stereocenters. The Morgan fingerprint density at radius 1 is 1.41 bits per heavy atom. The fraction of sp³-hybridized carbons (Fsp3) is 0.769. The first-order valence-electron chi connectivity index (χ1n) is 6.58. The predicted molar refractivity (Wildman–Crippen MR) is 71.3 cm³/mol. The van der Waals surface area contributed by atoms with Gasteiger partial charge in [0, 0.05) is 35.7 Å². The molecule has 1 N–H and O–H groups in total. The number of thiazole rings is 1. The van der Waals surface area contributed by atoms with Crippen LogP contribution in [-0.4, -0.2) is 35.1 Å². The Labute approximate surface area is 107 Å². The van der Waals surface area contributed by atoms with Crippen molar-refractivity contribution in [1.29, 1.82) is 0 Å². The van der Waals surface area contributed by atoms with E-state index in [9.17, 15) is 0 Å². The summed E-state index contributed by atoms with van der Waals surface area (Å²) < 4.78 is 0. The molecule has 3 rings (SSSR count). The van der Waals surface area contributed by atoms with Crippen LogP contribution in [0.15, 0.2) is 5.38 Å². The standard InChI is InChI=1S/C13H21N3S/c1-9-8-17-13(15-9)7-14-10-5-11-3-4-12(6-10)16(11)2/h8,10-12,14H,3-7H2,1-2H3. The maximum Gasteiger partial charge on any atom is 0.107 e. The second-order valence-corrected chi connectivity index (χ2v) is 6.42. The van der Waals surface area contributed by atoms with Gasteiger partial charge >= 0.3 is 0 Å². The van der Waals surface area contributed by atoms with E-state index in [4.69, 9.17) is 0 Å². The van der Waals surface area contributed by atoms with Gasteiger partial charge in [0.2, 0.25) is 0 Å². The van der Waals surface area contributed by atoms with E-state index in [1.807, 2.05) is 0 Å². The molecule has 2 aliphatic rings. The molecule has 0 aliphatic carbocycles.